The predicted octanol–water partition coefficient (Wildman–Crippen LogP) is 0.396. The molecule has 1 N–H and O–H groups in total. The lowest BCUT2D eigenvalue weighted by Gasteiger charge is -2.31. The van der Waals surface area contributed by atoms with Crippen molar-refractivity contribution in [2.45, 2.75) is 13.5 Å². The molecule has 0 radical (unpaired) electrons. The third-order valence-corrected chi connectivity index (χ3v) is 4.13. The van der Waals surface area contributed by atoms with E-state index in [4.69, 9.17) is 9.78 Å². The fourth-order valence-corrected chi connectivity index (χ4v) is 2.83. The lowest BCUT2D eigenvalue weighted by Crippen LogP contribution is -3.13. The van der Waals surface area contributed by atoms with E-state index in [-0.39, 0.29) is 5.91 Å². The number of carbonyl (C=O) groups excluding carboxylic acids is 1. The van der Waals surface area contributed by atoms with Gasteiger partial charge in [0.2, 0.25) is 0 Å². The highest BCUT2D eigenvalue weighted by molar-refractivity contribution is 5.94. The first kappa shape index (κ1) is 15.3. The Hall–Kier alpha value is -2.65. The van der Waals surface area contributed by atoms with E-state index in [0.29, 0.717) is 11.1 Å². The smallest absolute Gasteiger partial charge is 0.254 e. The van der Waals surface area contributed by atoms with Gasteiger partial charge in [-0.1, -0.05) is 5.16 Å². The Morgan fingerprint density at radius 2 is 2.04 bits per heavy atom. The Balaban J connectivity index is 1.55. The lowest BCUT2D eigenvalue weighted by atomic mass is 10.1. The van der Waals surface area contributed by atoms with Gasteiger partial charge in [0.05, 0.1) is 37.8 Å². The molecular weight excluding hydrogens is 292 g/mol. The minimum absolute atomic E-state index is 0.0332. The summed E-state index contributed by atoms with van der Waals surface area (Å²) >= 11 is 0. The monoisotopic (exact) mass is 311 g/mol. The first-order chi connectivity index (χ1) is 11.2. The number of hydrogen-bond donors (Lipinski definition) is 1. The molecule has 0 saturated carbocycles. The van der Waals surface area contributed by atoms with Crippen LogP contribution in [0, 0.1) is 18.3 Å². The van der Waals surface area contributed by atoms with Crippen LogP contribution in [0.1, 0.15) is 27.4 Å². The normalized spacial score (nSPS) is 15.4. The van der Waals surface area contributed by atoms with Gasteiger partial charge >= 0.3 is 0 Å². The molecule has 0 spiro atoms. The summed E-state index contributed by atoms with van der Waals surface area (Å²) in [5.41, 5.74) is 2.17. The topological polar surface area (TPSA) is 74.6 Å². The number of nitrogens with zero attached hydrogens (tertiary/aromatic N) is 3. The van der Waals surface area contributed by atoms with Crippen LogP contribution >= 0.6 is 0 Å². The van der Waals surface area contributed by atoms with Crippen molar-refractivity contribution in [2.75, 3.05) is 26.2 Å². The average molecular weight is 311 g/mol. The number of amides is 1. The van der Waals surface area contributed by atoms with Crippen LogP contribution in [0.5, 0.6) is 0 Å². The lowest BCUT2D eigenvalue weighted by molar-refractivity contribution is -0.917. The summed E-state index contributed by atoms with van der Waals surface area (Å²) in [5, 5.41) is 12.8. The van der Waals surface area contributed by atoms with Crippen LogP contribution in [0.4, 0.5) is 0 Å². The largest absolute Gasteiger partial charge is 0.361 e. The van der Waals surface area contributed by atoms with Crippen molar-refractivity contribution in [1.29, 1.82) is 5.26 Å². The summed E-state index contributed by atoms with van der Waals surface area (Å²) in [4.78, 5) is 15.8. The number of aromatic nitrogens is 1. The highest BCUT2D eigenvalue weighted by atomic mass is 16.5. The zero-order chi connectivity index (χ0) is 16.2. The van der Waals surface area contributed by atoms with Crippen molar-refractivity contribution >= 4 is 5.91 Å². The number of hydrogen-bond acceptors (Lipinski definition) is 4. The van der Waals surface area contributed by atoms with E-state index in [1.54, 1.807) is 24.3 Å². The fraction of sp³-hybridized carbons (Fsp3) is 0.353. The molecule has 0 bridgehead atoms. The number of piperazine rings is 1. The van der Waals surface area contributed by atoms with Gasteiger partial charge in [-0.2, -0.15) is 5.26 Å². The molecule has 0 atom stereocenters. The molecule has 1 aliphatic rings. The highest BCUT2D eigenvalue weighted by Crippen LogP contribution is 2.08. The molecule has 1 aliphatic heterocycles. The molecule has 1 aromatic carbocycles. The van der Waals surface area contributed by atoms with Gasteiger partial charge in [0.25, 0.3) is 5.91 Å². The number of benzene rings is 1. The SMILES string of the molecule is Cc1cc(C[NH+]2CCN(C(=O)c3ccc(C#N)cc3)CC2)no1. The second-order valence-corrected chi connectivity index (χ2v) is 5.84. The second-order valence-electron chi connectivity index (χ2n) is 5.84. The molecule has 1 fully saturated rings. The second kappa shape index (κ2) is 6.63. The third-order valence-electron chi connectivity index (χ3n) is 4.13. The number of carbonyl (C=O) groups is 1. The van der Waals surface area contributed by atoms with E-state index in [9.17, 15) is 4.79 Å². The minimum Gasteiger partial charge on any atom is -0.361 e. The molecule has 2 aromatic rings. The summed E-state index contributed by atoms with van der Waals surface area (Å²) in [7, 11) is 0. The molecule has 0 aliphatic carbocycles. The Bertz CT molecular complexity index is 722. The maximum atomic E-state index is 12.5. The maximum absolute atomic E-state index is 12.5. The fourth-order valence-electron chi connectivity index (χ4n) is 2.83. The molecule has 3 rings (SSSR count). The molecule has 0 unspecified atom stereocenters. The van der Waals surface area contributed by atoms with Crippen molar-refractivity contribution in [3.05, 3.63) is 52.9 Å². The van der Waals surface area contributed by atoms with Crippen LogP contribution in [0.15, 0.2) is 34.9 Å². The van der Waals surface area contributed by atoms with Gasteiger partial charge in [-0.25, -0.2) is 0 Å². The van der Waals surface area contributed by atoms with Crippen LogP contribution in [0.25, 0.3) is 0 Å². The predicted molar refractivity (Wildman–Crippen MR) is 82.7 cm³/mol. The maximum Gasteiger partial charge on any atom is 0.254 e. The van der Waals surface area contributed by atoms with Crippen LogP contribution < -0.4 is 4.90 Å². The Kier molecular flexibility index (Phi) is 4.40. The summed E-state index contributed by atoms with van der Waals surface area (Å²) < 4.78 is 5.09. The molecule has 118 valence electrons. The van der Waals surface area contributed by atoms with E-state index in [1.807, 2.05) is 17.9 Å². The molecule has 6 nitrogen and oxygen atoms in total. The van der Waals surface area contributed by atoms with Crippen molar-refractivity contribution in [2.24, 2.45) is 0 Å². The first-order valence-corrected chi connectivity index (χ1v) is 7.71. The minimum atomic E-state index is 0.0332. The molecule has 23 heavy (non-hydrogen) atoms. The molecule has 2 heterocycles. The van der Waals surface area contributed by atoms with Gasteiger partial charge in [0.15, 0.2) is 0 Å². The number of aryl methyl sites for hydroxylation is 1. The van der Waals surface area contributed by atoms with E-state index >= 15 is 0 Å². The Morgan fingerprint density at radius 3 is 2.61 bits per heavy atom. The Labute approximate surface area is 134 Å². The van der Waals surface area contributed by atoms with Gasteiger partial charge in [-0.3, -0.25) is 4.79 Å². The van der Waals surface area contributed by atoms with Crippen LogP contribution in [-0.2, 0) is 6.54 Å². The van der Waals surface area contributed by atoms with Crippen molar-refractivity contribution in [1.82, 2.24) is 10.1 Å². The number of nitriles is 1. The van der Waals surface area contributed by atoms with Crippen LogP contribution in [0.2, 0.25) is 0 Å². The van der Waals surface area contributed by atoms with E-state index in [0.717, 1.165) is 44.2 Å². The van der Waals surface area contributed by atoms with Gasteiger partial charge in [-0.05, 0) is 31.2 Å². The van der Waals surface area contributed by atoms with Crippen molar-refractivity contribution in [3.63, 3.8) is 0 Å². The van der Waals surface area contributed by atoms with E-state index < -0.39 is 0 Å². The first-order valence-electron chi connectivity index (χ1n) is 7.71. The molecule has 1 aromatic heterocycles. The molecule has 1 saturated heterocycles. The highest BCUT2D eigenvalue weighted by Gasteiger charge is 2.25. The van der Waals surface area contributed by atoms with Crippen LogP contribution in [-0.4, -0.2) is 42.1 Å². The third kappa shape index (κ3) is 3.58. The summed E-state index contributed by atoms with van der Waals surface area (Å²) in [5.74, 6) is 0.861. The van der Waals surface area contributed by atoms with Crippen molar-refractivity contribution < 1.29 is 14.2 Å². The molecular formula is C17H19N4O2+. The zero-order valence-corrected chi connectivity index (χ0v) is 13.1. The molecule has 6 heteroatoms. The van der Waals surface area contributed by atoms with E-state index in [2.05, 4.69) is 11.2 Å². The Morgan fingerprint density at radius 1 is 1.35 bits per heavy atom. The van der Waals surface area contributed by atoms with Gasteiger partial charge in [0.1, 0.15) is 18.0 Å². The van der Waals surface area contributed by atoms with E-state index in [1.165, 1.54) is 4.90 Å². The zero-order valence-electron chi connectivity index (χ0n) is 13.1. The summed E-state index contributed by atoms with van der Waals surface area (Å²) in [6.07, 6.45) is 0. The van der Waals surface area contributed by atoms with Crippen molar-refractivity contribution in [3.8, 4) is 6.07 Å². The summed E-state index contributed by atoms with van der Waals surface area (Å²) in [6, 6.07) is 10.8. The van der Waals surface area contributed by atoms with Gasteiger partial charge < -0.3 is 14.3 Å². The summed E-state index contributed by atoms with van der Waals surface area (Å²) in [6.45, 7) is 5.97. The number of quaternary nitrogens is 1. The van der Waals surface area contributed by atoms with Gasteiger partial charge in [0, 0.05) is 11.6 Å². The van der Waals surface area contributed by atoms with Gasteiger partial charge in [-0.15, -0.1) is 0 Å². The quantitative estimate of drug-likeness (QED) is 0.890. The number of nitrogens with one attached hydrogen (secondary N) is 1. The molecule has 1 amide bonds. The van der Waals surface area contributed by atoms with Crippen LogP contribution in [0.3, 0.4) is 0 Å². The standard InChI is InChI=1S/C17H18N4O2/c1-13-10-16(19-23-13)12-20-6-8-21(9-7-20)17(22)15-4-2-14(11-18)3-5-15/h2-5,10H,6-9,12H2,1H3/p+1. The number of rotatable bonds is 3. The average Bonchev–Trinajstić information content (AvgIpc) is 3.00.